The summed E-state index contributed by atoms with van der Waals surface area (Å²) in [6.07, 6.45) is 1.15. The first-order chi connectivity index (χ1) is 9.63. The normalized spacial score (nSPS) is 12.6. The summed E-state index contributed by atoms with van der Waals surface area (Å²) < 4.78 is 16.2. The maximum atomic E-state index is 11.6. The van der Waals surface area contributed by atoms with Crippen molar-refractivity contribution in [3.63, 3.8) is 0 Å². The molecule has 0 fully saturated rings. The smallest absolute Gasteiger partial charge is 0.445 e. The van der Waals surface area contributed by atoms with E-state index < -0.39 is 19.9 Å². The van der Waals surface area contributed by atoms with E-state index in [0.717, 1.165) is 12.0 Å². The monoisotopic (exact) mass is 299 g/mol. The lowest BCUT2D eigenvalue weighted by Crippen LogP contribution is -2.33. The number of hydrogen-bond acceptors (Lipinski definition) is 4. The van der Waals surface area contributed by atoms with Crippen molar-refractivity contribution in [3.8, 4) is 0 Å². The van der Waals surface area contributed by atoms with Crippen LogP contribution in [0.4, 0.5) is 4.79 Å². The van der Waals surface area contributed by atoms with Crippen LogP contribution in [0.15, 0.2) is 30.3 Å². The first-order valence-corrected chi connectivity index (χ1v) is 7.74. The van der Waals surface area contributed by atoms with Gasteiger partial charge in [-0.2, -0.15) is 4.89 Å². The number of alkyl carbamates (subject to hydrolysis) is 1. The predicted octanol–water partition coefficient (Wildman–Crippen LogP) is 2.10. The standard InChI is InChI=1S/C13H19N2O4P/c14-9-5-4-8-12(20(17)18)15-13(16)19-10-11-6-2-1-3-7-11/h1-3,6-7,12H,4-5,8-10,14H2,(H-,15,16,17,18)/p+1. The van der Waals surface area contributed by atoms with Crippen molar-refractivity contribution in [1.29, 1.82) is 0 Å². The van der Waals surface area contributed by atoms with Gasteiger partial charge in [0, 0.05) is 6.42 Å². The summed E-state index contributed by atoms with van der Waals surface area (Å²) in [6.45, 7) is 0.651. The van der Waals surface area contributed by atoms with E-state index in [9.17, 15) is 9.36 Å². The molecule has 0 saturated carbocycles. The Bertz CT molecular complexity index is 428. The number of nitrogens with one attached hydrogen (secondary N) is 1. The minimum Gasteiger partial charge on any atom is -0.445 e. The lowest BCUT2D eigenvalue weighted by Gasteiger charge is -2.09. The van der Waals surface area contributed by atoms with Gasteiger partial charge in [0.05, 0.1) is 0 Å². The molecule has 20 heavy (non-hydrogen) atoms. The lowest BCUT2D eigenvalue weighted by atomic mass is 10.2. The first-order valence-electron chi connectivity index (χ1n) is 6.46. The maximum Gasteiger partial charge on any atom is 0.530 e. The van der Waals surface area contributed by atoms with Crippen LogP contribution in [0.25, 0.3) is 0 Å². The van der Waals surface area contributed by atoms with Gasteiger partial charge in [-0.1, -0.05) is 30.3 Å². The van der Waals surface area contributed by atoms with Gasteiger partial charge in [0.15, 0.2) is 0 Å². The minimum atomic E-state index is -2.48. The third-order valence-corrected chi connectivity index (χ3v) is 3.62. The molecule has 6 nitrogen and oxygen atoms in total. The van der Waals surface area contributed by atoms with E-state index in [4.69, 9.17) is 15.4 Å². The van der Waals surface area contributed by atoms with Crippen molar-refractivity contribution >= 4 is 14.1 Å². The summed E-state index contributed by atoms with van der Waals surface area (Å²) >= 11 is 0. The second-order valence-electron chi connectivity index (χ2n) is 4.31. The zero-order valence-electron chi connectivity index (χ0n) is 11.2. The van der Waals surface area contributed by atoms with Gasteiger partial charge in [0.1, 0.15) is 6.61 Å². The Hall–Kier alpha value is -1.49. The molecule has 0 bridgehead atoms. The first kappa shape index (κ1) is 16.6. The van der Waals surface area contributed by atoms with Crippen molar-refractivity contribution in [1.82, 2.24) is 5.32 Å². The van der Waals surface area contributed by atoms with E-state index in [1.54, 1.807) is 0 Å². The second-order valence-corrected chi connectivity index (χ2v) is 5.54. The van der Waals surface area contributed by atoms with Crippen molar-refractivity contribution in [2.45, 2.75) is 31.7 Å². The van der Waals surface area contributed by atoms with Crippen LogP contribution in [0, 0.1) is 0 Å². The number of amides is 1. The van der Waals surface area contributed by atoms with Gasteiger partial charge in [0.25, 0.3) is 5.78 Å². The molecule has 1 aromatic rings. The minimum absolute atomic E-state index is 0.129. The van der Waals surface area contributed by atoms with Crippen molar-refractivity contribution < 1.29 is 19.0 Å². The molecule has 0 heterocycles. The van der Waals surface area contributed by atoms with Crippen LogP contribution in [-0.4, -0.2) is 23.3 Å². The Morgan fingerprint density at radius 1 is 1.35 bits per heavy atom. The van der Waals surface area contributed by atoms with Crippen molar-refractivity contribution in [3.05, 3.63) is 35.9 Å². The highest BCUT2D eigenvalue weighted by Gasteiger charge is 2.30. The van der Waals surface area contributed by atoms with Crippen LogP contribution in [0.3, 0.4) is 0 Å². The Morgan fingerprint density at radius 2 is 2.05 bits per heavy atom. The molecule has 110 valence electrons. The number of unbranched alkanes of at least 4 members (excludes halogenated alkanes) is 1. The second kappa shape index (κ2) is 9.42. The number of rotatable bonds is 8. The number of hydrogen-bond donors (Lipinski definition) is 3. The van der Waals surface area contributed by atoms with Gasteiger partial charge in [-0.25, -0.2) is 4.79 Å². The maximum absolute atomic E-state index is 11.6. The highest BCUT2D eigenvalue weighted by molar-refractivity contribution is 7.38. The SMILES string of the molecule is NCCCCC(NC(=O)OCc1ccccc1)[P+](=O)O. The fourth-order valence-corrected chi connectivity index (χ4v) is 2.24. The zero-order valence-corrected chi connectivity index (χ0v) is 12.1. The molecule has 0 spiro atoms. The molecule has 0 aliphatic rings. The summed E-state index contributed by atoms with van der Waals surface area (Å²) in [5.41, 5.74) is 6.21. The van der Waals surface area contributed by atoms with E-state index in [1.165, 1.54) is 0 Å². The van der Waals surface area contributed by atoms with E-state index in [2.05, 4.69) is 5.32 Å². The highest BCUT2D eigenvalue weighted by Crippen LogP contribution is 2.24. The molecule has 0 aliphatic heterocycles. The van der Waals surface area contributed by atoms with Crippen LogP contribution in [0.5, 0.6) is 0 Å². The van der Waals surface area contributed by atoms with Crippen LogP contribution in [0.1, 0.15) is 24.8 Å². The third kappa shape index (κ3) is 6.61. The number of carbonyl (C=O) groups is 1. The van der Waals surface area contributed by atoms with E-state index in [1.807, 2.05) is 30.3 Å². The fraction of sp³-hybridized carbons (Fsp3) is 0.462. The molecule has 7 heteroatoms. The molecule has 1 amide bonds. The molecule has 0 saturated heterocycles. The van der Waals surface area contributed by atoms with Crippen LogP contribution >= 0.6 is 8.03 Å². The fourth-order valence-electron chi connectivity index (χ4n) is 1.62. The van der Waals surface area contributed by atoms with Crippen LogP contribution in [-0.2, 0) is 15.9 Å². The molecule has 1 aromatic carbocycles. The number of nitrogens with two attached hydrogens (primary N) is 1. The highest BCUT2D eigenvalue weighted by atomic mass is 31.1. The third-order valence-electron chi connectivity index (χ3n) is 2.70. The molecular weight excluding hydrogens is 279 g/mol. The van der Waals surface area contributed by atoms with Gasteiger partial charge >= 0.3 is 14.1 Å². The molecule has 2 unspecified atom stereocenters. The van der Waals surface area contributed by atoms with Gasteiger partial charge < -0.3 is 10.5 Å². The largest absolute Gasteiger partial charge is 0.530 e. The molecule has 0 aliphatic carbocycles. The Kier molecular flexibility index (Phi) is 7.80. The topological polar surface area (TPSA) is 102 Å². The van der Waals surface area contributed by atoms with E-state index >= 15 is 0 Å². The molecule has 1 rings (SSSR count). The van der Waals surface area contributed by atoms with Crippen molar-refractivity contribution in [2.75, 3.05) is 6.54 Å². The van der Waals surface area contributed by atoms with Gasteiger partial charge in [-0.05, 0) is 29.5 Å². The van der Waals surface area contributed by atoms with Crippen LogP contribution in [0.2, 0.25) is 0 Å². The predicted molar refractivity (Wildman–Crippen MR) is 76.3 cm³/mol. The van der Waals surface area contributed by atoms with Gasteiger partial charge in [-0.3, -0.25) is 5.32 Å². The van der Waals surface area contributed by atoms with Crippen molar-refractivity contribution in [2.24, 2.45) is 5.73 Å². The number of benzene rings is 1. The van der Waals surface area contributed by atoms with Gasteiger partial charge in [0.2, 0.25) is 0 Å². The molecular formula is C13H20N2O4P+. The van der Waals surface area contributed by atoms with E-state index in [0.29, 0.717) is 19.4 Å². The number of carbonyl (C=O) groups excluding carboxylic acids is 1. The lowest BCUT2D eigenvalue weighted by molar-refractivity contribution is 0.137. The summed E-state index contributed by atoms with van der Waals surface area (Å²) in [5, 5.41) is 2.41. The van der Waals surface area contributed by atoms with Crippen LogP contribution < -0.4 is 11.1 Å². The average Bonchev–Trinajstić information content (AvgIpc) is 2.45. The Labute approximate surface area is 119 Å². The summed E-state index contributed by atoms with van der Waals surface area (Å²) in [4.78, 5) is 20.7. The summed E-state index contributed by atoms with van der Waals surface area (Å²) in [7, 11) is -2.48. The molecule has 2 atom stereocenters. The summed E-state index contributed by atoms with van der Waals surface area (Å²) in [5.74, 6) is -0.792. The number of ether oxygens (including phenoxy) is 1. The molecule has 4 N–H and O–H groups in total. The summed E-state index contributed by atoms with van der Waals surface area (Å²) in [6, 6.07) is 9.22. The quantitative estimate of drug-likeness (QED) is 0.504. The molecule has 0 radical (unpaired) electrons. The Balaban J connectivity index is 2.36. The zero-order chi connectivity index (χ0) is 14.8. The van der Waals surface area contributed by atoms with Gasteiger partial charge in [-0.15, -0.1) is 0 Å². The average molecular weight is 299 g/mol. The van der Waals surface area contributed by atoms with E-state index in [-0.39, 0.29) is 6.61 Å². The molecule has 0 aromatic heterocycles. The Morgan fingerprint density at radius 3 is 2.65 bits per heavy atom.